The van der Waals surface area contributed by atoms with Crippen molar-refractivity contribution in [1.29, 1.82) is 0 Å². The Morgan fingerprint density at radius 1 is 0.976 bits per heavy atom. The summed E-state index contributed by atoms with van der Waals surface area (Å²) in [6.45, 7) is 2.66. The van der Waals surface area contributed by atoms with Crippen LogP contribution in [-0.2, 0) is 16.2 Å². The van der Waals surface area contributed by atoms with Crippen LogP contribution in [0.2, 0.25) is 0 Å². The van der Waals surface area contributed by atoms with Gasteiger partial charge < -0.3 is 16.8 Å². The molecule has 0 saturated carbocycles. The number of nitrogens with one attached hydrogen (secondary N) is 1. The Labute approximate surface area is 244 Å². The minimum atomic E-state index is -0.251. The molecular weight excluding hydrogens is 528 g/mol. The number of nitrogens with zero attached hydrogens (tertiary/aromatic N) is 3. The van der Waals surface area contributed by atoms with Gasteiger partial charge in [-0.1, -0.05) is 43.3 Å². The highest BCUT2D eigenvalue weighted by atomic mass is 16.7. The summed E-state index contributed by atoms with van der Waals surface area (Å²) in [4.78, 5) is 40.7. The molecule has 0 saturated heterocycles. The Balaban J connectivity index is 1.35. The minimum Gasteiger partial charge on any atom is -0.399 e. The highest BCUT2D eigenvalue weighted by molar-refractivity contribution is 6.06. The van der Waals surface area contributed by atoms with Crippen molar-refractivity contribution in [2.24, 2.45) is 10.7 Å². The molecule has 4 aromatic rings. The van der Waals surface area contributed by atoms with Gasteiger partial charge in [-0.3, -0.25) is 19.4 Å². The Kier molecular flexibility index (Phi) is 8.70. The number of aliphatic imine (C=N–C) groups is 1. The lowest BCUT2D eigenvalue weighted by Gasteiger charge is -2.22. The zero-order chi connectivity index (χ0) is 29.5. The number of aromatic nitrogens is 1. The van der Waals surface area contributed by atoms with Crippen LogP contribution in [0.4, 0.5) is 17.1 Å². The maximum absolute atomic E-state index is 13.6. The highest BCUT2D eigenvalue weighted by Gasteiger charge is 2.22. The highest BCUT2D eigenvalue weighted by Crippen LogP contribution is 2.33. The monoisotopic (exact) mass is 560 g/mol. The third-order valence-electron chi connectivity index (χ3n) is 6.67. The standard InChI is InChI=1S/C33H32N6O3/c1-2-15-39(42-21-22-8-12-28(34)13-9-22)33(41)27-16-25-11-10-24(18-30(25)38-31(35)19-27)23-5-3-7-29(17-23)37-32(40)26-6-4-14-36-20-26/h3-14,16-18,20H,2,15,19,21,34H2,1H3,(H2,35,38)(H,37,40). The maximum atomic E-state index is 13.6. The third-order valence-corrected chi connectivity index (χ3v) is 6.67. The van der Waals surface area contributed by atoms with E-state index in [4.69, 9.17) is 16.3 Å². The van der Waals surface area contributed by atoms with Crippen LogP contribution >= 0.6 is 0 Å². The average molecular weight is 561 g/mol. The second-order valence-electron chi connectivity index (χ2n) is 9.92. The molecule has 5 rings (SSSR count). The first-order valence-electron chi connectivity index (χ1n) is 13.7. The van der Waals surface area contributed by atoms with Gasteiger partial charge >= 0.3 is 0 Å². The Morgan fingerprint density at radius 3 is 2.55 bits per heavy atom. The van der Waals surface area contributed by atoms with E-state index in [2.05, 4.69) is 15.3 Å². The lowest BCUT2D eigenvalue weighted by atomic mass is 10.0. The maximum Gasteiger partial charge on any atom is 0.273 e. The number of carbonyl (C=O) groups is 2. The predicted molar refractivity (Wildman–Crippen MR) is 166 cm³/mol. The first kappa shape index (κ1) is 28.3. The van der Waals surface area contributed by atoms with Gasteiger partial charge in [0, 0.05) is 47.9 Å². The lowest BCUT2D eigenvalue weighted by molar-refractivity contribution is -0.187. The molecule has 0 unspecified atom stereocenters. The van der Waals surface area contributed by atoms with Crippen molar-refractivity contribution in [3.8, 4) is 11.1 Å². The summed E-state index contributed by atoms with van der Waals surface area (Å²) in [6.07, 6.45) is 5.89. The molecule has 212 valence electrons. The molecule has 0 atom stereocenters. The summed E-state index contributed by atoms with van der Waals surface area (Å²) in [7, 11) is 0. The first-order chi connectivity index (χ1) is 20.4. The van der Waals surface area contributed by atoms with E-state index in [1.54, 1.807) is 30.5 Å². The number of amides is 2. The van der Waals surface area contributed by atoms with E-state index < -0.39 is 0 Å². The number of rotatable bonds is 9. The molecule has 0 bridgehead atoms. The molecular formula is C33H32N6O3. The SMILES string of the molecule is CCCN(OCc1ccc(N)cc1)C(=O)C1=Cc2ccc(-c3cccc(NC(=O)c4cccnc4)c3)cc2N=C(N)C1. The summed E-state index contributed by atoms with van der Waals surface area (Å²) >= 11 is 0. The number of hydrogen-bond acceptors (Lipinski definition) is 7. The molecule has 2 amide bonds. The number of nitrogen functional groups attached to an aromatic ring is 1. The smallest absolute Gasteiger partial charge is 0.273 e. The summed E-state index contributed by atoms with van der Waals surface area (Å²) in [6, 6.07) is 24.1. The lowest BCUT2D eigenvalue weighted by Crippen LogP contribution is -2.34. The van der Waals surface area contributed by atoms with E-state index in [9.17, 15) is 9.59 Å². The van der Waals surface area contributed by atoms with Gasteiger partial charge in [-0.2, -0.15) is 0 Å². The Morgan fingerprint density at radius 2 is 1.79 bits per heavy atom. The van der Waals surface area contributed by atoms with Crippen LogP contribution in [0.25, 0.3) is 17.2 Å². The second-order valence-corrected chi connectivity index (χ2v) is 9.92. The quantitative estimate of drug-likeness (QED) is 0.177. The molecule has 0 spiro atoms. The topological polar surface area (TPSA) is 136 Å². The zero-order valence-corrected chi connectivity index (χ0v) is 23.3. The second kappa shape index (κ2) is 12.9. The van der Waals surface area contributed by atoms with Gasteiger partial charge in [0.25, 0.3) is 11.8 Å². The molecule has 1 aliphatic rings. The van der Waals surface area contributed by atoms with Crippen molar-refractivity contribution in [2.75, 3.05) is 17.6 Å². The Bertz CT molecular complexity index is 1650. The first-order valence-corrected chi connectivity index (χ1v) is 13.7. The van der Waals surface area contributed by atoms with Crippen LogP contribution in [0.15, 0.2) is 102 Å². The molecule has 1 aliphatic heterocycles. The number of fused-ring (bicyclic) bond motifs is 1. The number of anilines is 2. The molecule has 9 nitrogen and oxygen atoms in total. The van der Waals surface area contributed by atoms with E-state index >= 15 is 0 Å². The van der Waals surface area contributed by atoms with Gasteiger partial charge in [0.2, 0.25) is 0 Å². The van der Waals surface area contributed by atoms with Crippen LogP contribution in [0.5, 0.6) is 0 Å². The average Bonchev–Trinajstić information content (AvgIpc) is 3.17. The van der Waals surface area contributed by atoms with Crippen molar-refractivity contribution in [1.82, 2.24) is 10.0 Å². The minimum absolute atomic E-state index is 0.199. The number of benzene rings is 3. The van der Waals surface area contributed by atoms with Crippen molar-refractivity contribution in [3.05, 3.63) is 114 Å². The van der Waals surface area contributed by atoms with Gasteiger partial charge in [0.1, 0.15) is 12.4 Å². The molecule has 9 heteroatoms. The van der Waals surface area contributed by atoms with Crippen molar-refractivity contribution in [3.63, 3.8) is 0 Å². The van der Waals surface area contributed by atoms with Crippen molar-refractivity contribution < 1.29 is 14.4 Å². The fourth-order valence-electron chi connectivity index (χ4n) is 4.54. The molecule has 3 aromatic carbocycles. The normalized spacial score (nSPS) is 12.4. The van der Waals surface area contributed by atoms with E-state index in [0.29, 0.717) is 40.6 Å². The van der Waals surface area contributed by atoms with Gasteiger partial charge in [-0.25, -0.2) is 10.1 Å². The number of pyridine rings is 1. The zero-order valence-electron chi connectivity index (χ0n) is 23.3. The van der Waals surface area contributed by atoms with Crippen LogP contribution in [0, 0.1) is 0 Å². The molecule has 0 radical (unpaired) electrons. The number of hydrogen-bond donors (Lipinski definition) is 3. The van der Waals surface area contributed by atoms with Gasteiger partial charge in [0.05, 0.1) is 11.3 Å². The molecule has 42 heavy (non-hydrogen) atoms. The fourth-order valence-corrected chi connectivity index (χ4v) is 4.54. The predicted octanol–water partition coefficient (Wildman–Crippen LogP) is 5.73. The molecule has 2 heterocycles. The van der Waals surface area contributed by atoms with E-state index in [1.165, 1.54) is 11.3 Å². The summed E-state index contributed by atoms with van der Waals surface area (Å²) in [5.74, 6) is -0.158. The van der Waals surface area contributed by atoms with E-state index in [1.807, 2.05) is 67.6 Å². The van der Waals surface area contributed by atoms with Gasteiger partial charge in [-0.05, 0) is 71.7 Å². The van der Waals surface area contributed by atoms with Gasteiger partial charge in [-0.15, -0.1) is 0 Å². The summed E-state index contributed by atoms with van der Waals surface area (Å²) in [5, 5.41) is 4.30. The third kappa shape index (κ3) is 6.89. The van der Waals surface area contributed by atoms with Crippen molar-refractivity contribution in [2.45, 2.75) is 26.4 Å². The fraction of sp³-hybridized carbons (Fsp3) is 0.152. The van der Waals surface area contributed by atoms with Crippen LogP contribution in [0.3, 0.4) is 0 Å². The number of nitrogens with two attached hydrogens (primary N) is 2. The Hall–Kier alpha value is -5.28. The molecule has 1 aromatic heterocycles. The van der Waals surface area contributed by atoms with Gasteiger partial charge in [0.15, 0.2) is 0 Å². The summed E-state index contributed by atoms with van der Waals surface area (Å²) in [5.41, 5.74) is 18.5. The molecule has 0 aliphatic carbocycles. The number of amidine groups is 1. The van der Waals surface area contributed by atoms with Crippen LogP contribution < -0.4 is 16.8 Å². The van der Waals surface area contributed by atoms with E-state index in [0.717, 1.165) is 28.7 Å². The largest absolute Gasteiger partial charge is 0.399 e. The number of hydroxylamine groups is 2. The summed E-state index contributed by atoms with van der Waals surface area (Å²) < 4.78 is 0. The van der Waals surface area contributed by atoms with Crippen LogP contribution in [-0.4, -0.2) is 34.2 Å². The van der Waals surface area contributed by atoms with Crippen LogP contribution in [0.1, 0.15) is 41.3 Å². The van der Waals surface area contributed by atoms with Crippen molar-refractivity contribution >= 4 is 40.8 Å². The molecule has 5 N–H and O–H groups in total. The van der Waals surface area contributed by atoms with E-state index in [-0.39, 0.29) is 24.8 Å². The number of carbonyl (C=O) groups excluding carboxylic acids is 2. The molecule has 0 fully saturated rings.